The molecule has 1 aliphatic rings. The maximum absolute atomic E-state index is 12.5. The summed E-state index contributed by atoms with van der Waals surface area (Å²) >= 11 is 6.20. The topological polar surface area (TPSA) is 90.7 Å². The first-order valence-electron chi connectivity index (χ1n) is 8.13. The molecule has 1 amide bonds. The fraction of sp³-hybridized carbons (Fsp3) is 0.278. The van der Waals surface area contributed by atoms with E-state index in [0.29, 0.717) is 29.7 Å². The van der Waals surface area contributed by atoms with Gasteiger partial charge in [0.2, 0.25) is 0 Å². The second-order valence-corrected chi connectivity index (χ2v) is 6.23. The number of rotatable bonds is 6. The standard InChI is InChI=1S/C18H17ClN2O5/c19-15-7-2-8-16(17(15)26-11-14-6-3-9-25-14)20-18(22)12-4-1-5-13(10-12)21(23)24/h1-2,4-5,7-8,10,14H,3,6,9,11H2,(H,20,22)/t14-/m1/s1. The lowest BCUT2D eigenvalue weighted by Crippen LogP contribution is -2.18. The number of nitrogens with zero attached hydrogens (tertiary/aromatic N) is 1. The predicted octanol–water partition coefficient (Wildman–Crippen LogP) is 4.06. The first kappa shape index (κ1) is 18.2. The number of halogens is 1. The molecule has 1 fully saturated rings. The van der Waals surface area contributed by atoms with Crippen LogP contribution in [-0.2, 0) is 4.74 Å². The zero-order chi connectivity index (χ0) is 18.5. The fourth-order valence-electron chi connectivity index (χ4n) is 2.66. The number of non-ortho nitro benzene ring substituents is 1. The Labute approximate surface area is 155 Å². The largest absolute Gasteiger partial charge is 0.487 e. The summed E-state index contributed by atoms with van der Waals surface area (Å²) in [6, 6.07) is 10.5. The Bertz CT molecular complexity index is 821. The number of ether oxygens (including phenoxy) is 2. The molecule has 0 saturated carbocycles. The molecule has 0 spiro atoms. The first-order chi connectivity index (χ1) is 12.5. The summed E-state index contributed by atoms with van der Waals surface area (Å²) in [6.07, 6.45) is 1.92. The van der Waals surface area contributed by atoms with Gasteiger partial charge in [0.15, 0.2) is 5.75 Å². The lowest BCUT2D eigenvalue weighted by molar-refractivity contribution is -0.384. The van der Waals surface area contributed by atoms with Crippen LogP contribution in [0.5, 0.6) is 5.75 Å². The summed E-state index contributed by atoms with van der Waals surface area (Å²) in [5.41, 5.74) is 0.412. The number of carbonyl (C=O) groups is 1. The highest BCUT2D eigenvalue weighted by Crippen LogP contribution is 2.34. The molecular weight excluding hydrogens is 360 g/mol. The van der Waals surface area contributed by atoms with Crippen LogP contribution in [0.15, 0.2) is 42.5 Å². The molecule has 2 aromatic carbocycles. The van der Waals surface area contributed by atoms with Crippen molar-refractivity contribution in [2.75, 3.05) is 18.5 Å². The fourth-order valence-corrected chi connectivity index (χ4v) is 2.89. The monoisotopic (exact) mass is 376 g/mol. The Kier molecular flexibility index (Phi) is 5.70. The van der Waals surface area contributed by atoms with Crippen LogP contribution in [0.1, 0.15) is 23.2 Å². The maximum Gasteiger partial charge on any atom is 0.270 e. The van der Waals surface area contributed by atoms with Crippen molar-refractivity contribution in [1.82, 2.24) is 0 Å². The lowest BCUT2D eigenvalue weighted by Gasteiger charge is -2.16. The van der Waals surface area contributed by atoms with Gasteiger partial charge in [-0.05, 0) is 31.0 Å². The predicted molar refractivity (Wildman–Crippen MR) is 97.0 cm³/mol. The number of nitrogens with one attached hydrogen (secondary N) is 1. The molecule has 0 aromatic heterocycles. The molecule has 26 heavy (non-hydrogen) atoms. The highest BCUT2D eigenvalue weighted by molar-refractivity contribution is 6.32. The van der Waals surface area contributed by atoms with E-state index in [9.17, 15) is 14.9 Å². The van der Waals surface area contributed by atoms with E-state index in [1.165, 1.54) is 24.3 Å². The number of nitro benzene ring substituents is 1. The molecule has 7 nitrogen and oxygen atoms in total. The Morgan fingerprint density at radius 2 is 2.15 bits per heavy atom. The van der Waals surface area contributed by atoms with Crippen LogP contribution in [0.4, 0.5) is 11.4 Å². The van der Waals surface area contributed by atoms with Gasteiger partial charge in [0.25, 0.3) is 11.6 Å². The van der Waals surface area contributed by atoms with Crippen LogP contribution in [0.3, 0.4) is 0 Å². The molecule has 1 N–H and O–H groups in total. The van der Waals surface area contributed by atoms with Crippen LogP contribution in [0.2, 0.25) is 5.02 Å². The van der Waals surface area contributed by atoms with Crippen molar-refractivity contribution in [3.05, 3.63) is 63.2 Å². The number of anilines is 1. The van der Waals surface area contributed by atoms with Gasteiger partial charge in [0, 0.05) is 24.3 Å². The molecule has 1 atom stereocenters. The highest BCUT2D eigenvalue weighted by Gasteiger charge is 2.19. The Morgan fingerprint density at radius 3 is 2.88 bits per heavy atom. The Morgan fingerprint density at radius 1 is 1.35 bits per heavy atom. The minimum atomic E-state index is -0.549. The normalized spacial score (nSPS) is 16.3. The van der Waals surface area contributed by atoms with E-state index < -0.39 is 10.8 Å². The van der Waals surface area contributed by atoms with Crippen molar-refractivity contribution in [1.29, 1.82) is 0 Å². The number of hydrogen-bond donors (Lipinski definition) is 1. The minimum absolute atomic E-state index is 0.00611. The quantitative estimate of drug-likeness (QED) is 0.606. The molecule has 1 aliphatic heterocycles. The van der Waals surface area contributed by atoms with Crippen LogP contribution in [0.25, 0.3) is 0 Å². The van der Waals surface area contributed by atoms with E-state index in [1.54, 1.807) is 18.2 Å². The molecule has 1 saturated heterocycles. The second kappa shape index (κ2) is 8.16. The SMILES string of the molecule is O=C(Nc1cccc(Cl)c1OC[C@H]1CCCO1)c1cccc([N+](=O)[O-])c1. The van der Waals surface area contributed by atoms with Gasteiger partial charge in [-0.15, -0.1) is 0 Å². The van der Waals surface area contributed by atoms with Gasteiger partial charge in [0.1, 0.15) is 6.61 Å². The van der Waals surface area contributed by atoms with Crippen LogP contribution in [0, 0.1) is 10.1 Å². The molecule has 2 aromatic rings. The maximum atomic E-state index is 12.5. The summed E-state index contributed by atoms with van der Waals surface area (Å²) in [5.74, 6) is -0.138. The Balaban J connectivity index is 1.76. The molecular formula is C18H17ClN2O5. The number of para-hydroxylation sites is 1. The Hall–Kier alpha value is -2.64. The molecule has 0 radical (unpaired) electrons. The third-order valence-electron chi connectivity index (χ3n) is 3.97. The molecule has 3 rings (SSSR count). The van der Waals surface area contributed by atoms with E-state index in [1.807, 2.05) is 0 Å². The summed E-state index contributed by atoms with van der Waals surface area (Å²) in [7, 11) is 0. The smallest absolute Gasteiger partial charge is 0.270 e. The van der Waals surface area contributed by atoms with Gasteiger partial charge in [0.05, 0.1) is 21.7 Å². The van der Waals surface area contributed by atoms with Gasteiger partial charge < -0.3 is 14.8 Å². The van der Waals surface area contributed by atoms with E-state index in [0.717, 1.165) is 12.8 Å². The van der Waals surface area contributed by atoms with E-state index >= 15 is 0 Å². The van der Waals surface area contributed by atoms with E-state index in [4.69, 9.17) is 21.1 Å². The van der Waals surface area contributed by atoms with E-state index in [2.05, 4.69) is 5.32 Å². The average Bonchev–Trinajstić information content (AvgIpc) is 3.15. The third kappa shape index (κ3) is 4.30. The van der Waals surface area contributed by atoms with Gasteiger partial charge in [-0.2, -0.15) is 0 Å². The minimum Gasteiger partial charge on any atom is -0.487 e. The summed E-state index contributed by atoms with van der Waals surface area (Å²) in [4.78, 5) is 22.8. The third-order valence-corrected chi connectivity index (χ3v) is 4.27. The molecule has 1 heterocycles. The molecule has 0 aliphatic carbocycles. The number of carbonyl (C=O) groups excluding carboxylic acids is 1. The van der Waals surface area contributed by atoms with Crippen molar-refractivity contribution in [2.45, 2.75) is 18.9 Å². The summed E-state index contributed by atoms with van der Waals surface area (Å²) < 4.78 is 11.3. The molecule has 136 valence electrons. The van der Waals surface area contributed by atoms with Gasteiger partial charge in [-0.3, -0.25) is 14.9 Å². The van der Waals surface area contributed by atoms with Crippen molar-refractivity contribution in [3.8, 4) is 5.75 Å². The van der Waals surface area contributed by atoms with Crippen molar-refractivity contribution in [2.24, 2.45) is 0 Å². The number of benzene rings is 2. The van der Waals surface area contributed by atoms with Crippen LogP contribution < -0.4 is 10.1 Å². The molecule has 0 unspecified atom stereocenters. The molecule has 8 heteroatoms. The van der Waals surface area contributed by atoms with Crippen LogP contribution >= 0.6 is 11.6 Å². The summed E-state index contributed by atoms with van der Waals surface area (Å²) in [6.45, 7) is 1.05. The van der Waals surface area contributed by atoms with Crippen molar-refractivity contribution >= 4 is 28.9 Å². The van der Waals surface area contributed by atoms with Gasteiger partial charge >= 0.3 is 0 Å². The average molecular weight is 377 g/mol. The van der Waals surface area contributed by atoms with Crippen molar-refractivity contribution < 1.29 is 19.2 Å². The summed E-state index contributed by atoms with van der Waals surface area (Å²) in [5, 5.41) is 13.9. The van der Waals surface area contributed by atoms with Gasteiger partial charge in [-0.1, -0.05) is 23.7 Å². The number of nitro groups is 1. The van der Waals surface area contributed by atoms with Crippen molar-refractivity contribution in [3.63, 3.8) is 0 Å². The first-order valence-corrected chi connectivity index (χ1v) is 8.51. The van der Waals surface area contributed by atoms with Gasteiger partial charge in [-0.25, -0.2) is 0 Å². The molecule has 0 bridgehead atoms. The lowest BCUT2D eigenvalue weighted by atomic mass is 10.2. The number of hydrogen-bond acceptors (Lipinski definition) is 5. The zero-order valence-electron chi connectivity index (χ0n) is 13.8. The van der Waals surface area contributed by atoms with E-state index in [-0.39, 0.29) is 17.4 Å². The number of amides is 1. The van der Waals surface area contributed by atoms with Crippen LogP contribution in [-0.4, -0.2) is 30.1 Å². The highest BCUT2D eigenvalue weighted by atomic mass is 35.5. The second-order valence-electron chi connectivity index (χ2n) is 5.82. The zero-order valence-corrected chi connectivity index (χ0v) is 14.6.